The third kappa shape index (κ3) is 7.68. The molecule has 0 bridgehead atoms. The van der Waals surface area contributed by atoms with Gasteiger partial charge in [0.05, 0.1) is 6.07 Å². The number of nitrogens with zero attached hydrogens (tertiary/aromatic N) is 1. The number of carboxylic acids is 1. The summed E-state index contributed by atoms with van der Waals surface area (Å²) in [5.41, 5.74) is 5.68. The molecule has 0 radical (unpaired) electrons. The summed E-state index contributed by atoms with van der Waals surface area (Å²) in [7, 11) is -4.94. The molecule has 0 fully saturated rings. The molecule has 1 aromatic heterocycles. The van der Waals surface area contributed by atoms with Gasteiger partial charge in [0, 0.05) is 37.6 Å². The number of ether oxygens (including phenoxy) is 1. The fraction of sp³-hybridized carbons (Fsp3) is 0.0741. The Morgan fingerprint density at radius 1 is 0.784 bits per heavy atom. The smallest absolute Gasteiger partial charge is 0.339 e. The van der Waals surface area contributed by atoms with E-state index >= 15 is 0 Å². The number of benzene rings is 3. The van der Waals surface area contributed by atoms with Gasteiger partial charge in [-0.1, -0.05) is 48.5 Å². The number of pyridine rings is 1. The average Bonchev–Trinajstić information content (AvgIpc) is 2.83. The lowest BCUT2D eigenvalue weighted by Crippen LogP contribution is -2.68. The molecule has 190 valence electrons. The summed E-state index contributed by atoms with van der Waals surface area (Å²) in [6, 6.07) is 29.0. The number of hydrogen-bond donors (Lipinski definition) is 1. The first-order chi connectivity index (χ1) is 17.4. The van der Waals surface area contributed by atoms with Crippen molar-refractivity contribution in [3.63, 3.8) is 0 Å². The predicted octanol–water partition coefficient (Wildman–Crippen LogP) is 0.473. The molecule has 0 unspecified atom stereocenters. The molecular formula is C27H22ClNO8. The quantitative estimate of drug-likeness (QED) is 0.224. The van der Waals surface area contributed by atoms with E-state index in [1.54, 1.807) is 12.1 Å². The second kappa shape index (κ2) is 11.7. The van der Waals surface area contributed by atoms with Crippen LogP contribution in [0.5, 0.6) is 5.75 Å². The minimum absolute atomic E-state index is 0.0144. The summed E-state index contributed by atoms with van der Waals surface area (Å²) in [5.74, 6) is -1.72. The fourth-order valence-electron chi connectivity index (χ4n) is 3.76. The summed E-state index contributed by atoms with van der Waals surface area (Å²) in [6.07, 6.45) is 0. The lowest BCUT2D eigenvalue weighted by atomic mass is 10.0. The van der Waals surface area contributed by atoms with Gasteiger partial charge < -0.3 is 9.84 Å². The standard InChI is InChI=1S/C27H21NO4.ClHO4/c1-18-15-22(20-9-5-3-6-10-20)16-25(21-11-7-4-8-12-21)28(18)23-13-14-24(27(30)31)26(17-23)32-19(2)29;2-1(3,4)5/h3-17H,1-2H3;(H,2,3,4,5). The molecule has 0 aliphatic rings. The minimum atomic E-state index is -4.94. The molecule has 0 amide bonds. The Kier molecular flexibility index (Phi) is 8.72. The largest absolute Gasteiger partial charge is 0.478 e. The number of carboxylic acid groups (broad SMARTS) is 1. The van der Waals surface area contributed by atoms with Gasteiger partial charge in [-0.25, -0.2) is 23.4 Å². The molecule has 0 aliphatic carbocycles. The first-order valence-electron chi connectivity index (χ1n) is 10.8. The van der Waals surface area contributed by atoms with Crippen molar-refractivity contribution in [2.24, 2.45) is 0 Å². The highest BCUT2D eigenvalue weighted by molar-refractivity contribution is 5.92. The van der Waals surface area contributed by atoms with E-state index in [0.29, 0.717) is 5.69 Å². The summed E-state index contributed by atoms with van der Waals surface area (Å²) < 4.78 is 41.2. The number of carbonyl (C=O) groups excluding carboxylic acids is 1. The van der Waals surface area contributed by atoms with Crippen molar-refractivity contribution in [1.29, 1.82) is 0 Å². The van der Waals surface area contributed by atoms with Crippen molar-refractivity contribution >= 4 is 11.9 Å². The van der Waals surface area contributed by atoms with Crippen molar-refractivity contribution in [3.05, 3.63) is 102 Å². The van der Waals surface area contributed by atoms with Gasteiger partial charge in [-0.05, 0) is 29.3 Å². The molecule has 1 N–H and O–H groups in total. The van der Waals surface area contributed by atoms with Crippen LogP contribution in [0.3, 0.4) is 0 Å². The zero-order valence-corrected chi connectivity index (χ0v) is 20.5. The van der Waals surface area contributed by atoms with Crippen LogP contribution in [-0.4, -0.2) is 17.0 Å². The number of halogens is 1. The number of rotatable bonds is 5. The van der Waals surface area contributed by atoms with E-state index in [0.717, 1.165) is 28.1 Å². The van der Waals surface area contributed by atoms with Gasteiger partial charge in [0.25, 0.3) is 0 Å². The lowest BCUT2D eigenvalue weighted by molar-refractivity contribution is -2.00. The predicted molar refractivity (Wildman–Crippen MR) is 122 cm³/mol. The van der Waals surface area contributed by atoms with Gasteiger partial charge in [-0.3, -0.25) is 4.79 Å². The Hall–Kier alpha value is -4.12. The third-order valence-corrected chi connectivity index (χ3v) is 5.13. The van der Waals surface area contributed by atoms with Gasteiger partial charge in [0.1, 0.15) is 5.56 Å². The van der Waals surface area contributed by atoms with Gasteiger partial charge in [0.15, 0.2) is 11.4 Å². The summed E-state index contributed by atoms with van der Waals surface area (Å²) >= 11 is 0. The molecular weight excluding hydrogens is 502 g/mol. The third-order valence-electron chi connectivity index (χ3n) is 5.13. The SMILES string of the molecule is CC(=O)Oc1cc(-[n+]2c(C)cc(-c3ccccc3)cc2-c2ccccc2)ccc1C(=O)O.[O-][Cl+3]([O-])([O-])[O-]. The van der Waals surface area contributed by atoms with Crippen LogP contribution in [0.15, 0.2) is 91.0 Å². The molecule has 37 heavy (non-hydrogen) atoms. The topological polar surface area (TPSA) is 160 Å². The Balaban J connectivity index is 0.000000695. The van der Waals surface area contributed by atoms with E-state index in [1.165, 1.54) is 13.0 Å². The number of aromatic nitrogens is 1. The molecule has 0 atom stereocenters. The monoisotopic (exact) mass is 523 g/mol. The van der Waals surface area contributed by atoms with Gasteiger partial charge in [-0.15, -0.1) is 10.2 Å². The highest BCUT2D eigenvalue weighted by Crippen LogP contribution is 2.28. The van der Waals surface area contributed by atoms with E-state index in [1.807, 2.05) is 60.0 Å². The first-order valence-corrected chi connectivity index (χ1v) is 12.0. The normalized spacial score (nSPS) is 10.8. The van der Waals surface area contributed by atoms with E-state index in [-0.39, 0.29) is 11.3 Å². The van der Waals surface area contributed by atoms with Crippen LogP contribution in [-0.2, 0) is 4.79 Å². The minimum Gasteiger partial charge on any atom is -0.478 e. The molecule has 0 saturated carbocycles. The second-order valence-corrected chi connectivity index (χ2v) is 8.55. The van der Waals surface area contributed by atoms with Crippen molar-refractivity contribution in [2.45, 2.75) is 13.8 Å². The van der Waals surface area contributed by atoms with E-state index < -0.39 is 22.2 Å². The van der Waals surface area contributed by atoms with Gasteiger partial charge in [-0.2, -0.15) is 4.57 Å². The van der Waals surface area contributed by atoms with Crippen LogP contribution in [0.4, 0.5) is 0 Å². The highest BCUT2D eigenvalue weighted by Gasteiger charge is 2.24. The zero-order chi connectivity index (χ0) is 27.2. The number of hydrogen-bond acceptors (Lipinski definition) is 7. The number of aryl methyl sites for hydroxylation is 1. The number of esters is 1. The van der Waals surface area contributed by atoms with Crippen LogP contribution in [0.2, 0.25) is 0 Å². The van der Waals surface area contributed by atoms with Crippen molar-refractivity contribution in [3.8, 4) is 33.8 Å². The molecule has 3 aromatic carbocycles. The first kappa shape index (κ1) is 27.5. The van der Waals surface area contributed by atoms with Crippen LogP contribution < -0.4 is 27.9 Å². The van der Waals surface area contributed by atoms with Crippen molar-refractivity contribution in [2.75, 3.05) is 0 Å². The van der Waals surface area contributed by atoms with Crippen molar-refractivity contribution in [1.82, 2.24) is 0 Å². The molecule has 0 saturated heterocycles. The Labute approximate surface area is 214 Å². The summed E-state index contributed by atoms with van der Waals surface area (Å²) in [4.78, 5) is 23.2. The summed E-state index contributed by atoms with van der Waals surface area (Å²) in [5, 5.41) is 9.49. The van der Waals surface area contributed by atoms with Crippen LogP contribution in [0.1, 0.15) is 23.0 Å². The Morgan fingerprint density at radius 2 is 1.32 bits per heavy atom. The Bertz CT molecular complexity index is 1400. The van der Waals surface area contributed by atoms with Crippen LogP contribution >= 0.6 is 0 Å². The number of aromatic carboxylic acids is 1. The maximum Gasteiger partial charge on any atom is 0.339 e. The summed E-state index contributed by atoms with van der Waals surface area (Å²) in [6.45, 7) is 3.25. The van der Waals surface area contributed by atoms with Crippen molar-refractivity contribution < 1.29 is 52.9 Å². The molecule has 10 heteroatoms. The van der Waals surface area contributed by atoms with E-state index in [9.17, 15) is 14.7 Å². The van der Waals surface area contributed by atoms with E-state index in [4.69, 9.17) is 23.4 Å². The zero-order valence-electron chi connectivity index (χ0n) is 19.8. The molecule has 0 aliphatic heterocycles. The fourth-order valence-corrected chi connectivity index (χ4v) is 3.76. The van der Waals surface area contributed by atoms with E-state index in [2.05, 4.69) is 24.3 Å². The molecule has 1 heterocycles. The molecule has 9 nitrogen and oxygen atoms in total. The van der Waals surface area contributed by atoms with Crippen LogP contribution in [0.25, 0.3) is 28.1 Å². The molecule has 4 rings (SSSR count). The Morgan fingerprint density at radius 3 is 1.84 bits per heavy atom. The van der Waals surface area contributed by atoms with Gasteiger partial charge in [0.2, 0.25) is 11.4 Å². The average molecular weight is 524 g/mol. The molecule has 0 spiro atoms. The highest BCUT2D eigenvalue weighted by atomic mass is 35.7. The maximum absolute atomic E-state index is 11.6. The molecule has 4 aromatic rings. The van der Waals surface area contributed by atoms with Crippen LogP contribution in [0, 0.1) is 17.2 Å². The maximum atomic E-state index is 11.6. The number of carbonyl (C=O) groups is 2. The van der Waals surface area contributed by atoms with Gasteiger partial charge >= 0.3 is 11.9 Å². The second-order valence-electron chi connectivity index (χ2n) is 7.80. The lowest BCUT2D eigenvalue weighted by Gasteiger charge is -2.17.